The van der Waals surface area contributed by atoms with Crippen molar-refractivity contribution in [2.24, 2.45) is 0 Å². The molecule has 0 radical (unpaired) electrons. The van der Waals surface area contributed by atoms with E-state index in [0.29, 0.717) is 6.54 Å². The van der Waals surface area contributed by atoms with E-state index >= 15 is 0 Å². The van der Waals surface area contributed by atoms with Crippen LogP contribution >= 0.6 is 0 Å². The summed E-state index contributed by atoms with van der Waals surface area (Å²) in [4.78, 5) is 14.5. The van der Waals surface area contributed by atoms with Gasteiger partial charge in [0, 0.05) is 25.6 Å². The van der Waals surface area contributed by atoms with E-state index in [9.17, 15) is 9.90 Å². The fraction of sp³-hybridized carbons (Fsp3) is 0.278. The van der Waals surface area contributed by atoms with Gasteiger partial charge in [0.15, 0.2) is 0 Å². The van der Waals surface area contributed by atoms with E-state index in [1.54, 1.807) is 12.1 Å². The Bertz CT molecular complexity index is 714. The van der Waals surface area contributed by atoms with E-state index in [0.717, 1.165) is 24.2 Å². The molecule has 0 saturated carbocycles. The number of nitrogens with one attached hydrogen (secondary N) is 1. The summed E-state index contributed by atoms with van der Waals surface area (Å²) in [5, 5.41) is 12.8. The van der Waals surface area contributed by atoms with Crippen LogP contribution in [0.4, 0.5) is 0 Å². The quantitative estimate of drug-likeness (QED) is 0.846. The molecule has 0 unspecified atom stereocenters. The monoisotopic (exact) mass is 294 g/mol. The molecule has 2 aromatic carbocycles. The Labute approximate surface area is 129 Å². The number of piperazine rings is 1. The number of hydrogen-bond acceptors (Lipinski definition) is 3. The van der Waals surface area contributed by atoms with Crippen molar-refractivity contribution in [3.63, 3.8) is 0 Å². The molecule has 4 nitrogen and oxygen atoms in total. The van der Waals surface area contributed by atoms with Crippen LogP contribution in [0.25, 0.3) is 0 Å². The minimum atomic E-state index is -0.282. The molecule has 1 fully saturated rings. The SMILES string of the molecule is O=C1NCCN2C[C@@H](c3ccccc3)c3ccc(O)cc3[C@H]12. The van der Waals surface area contributed by atoms with Gasteiger partial charge in [-0.05, 0) is 28.8 Å². The Morgan fingerprint density at radius 1 is 1.09 bits per heavy atom. The summed E-state index contributed by atoms with van der Waals surface area (Å²) in [5.74, 6) is 0.481. The molecule has 2 aliphatic heterocycles. The first-order valence-electron chi connectivity index (χ1n) is 7.63. The molecule has 2 aliphatic rings. The summed E-state index contributed by atoms with van der Waals surface area (Å²) >= 11 is 0. The van der Waals surface area contributed by atoms with Crippen LogP contribution in [0.15, 0.2) is 48.5 Å². The largest absolute Gasteiger partial charge is 0.508 e. The van der Waals surface area contributed by atoms with Gasteiger partial charge in [0.05, 0.1) is 0 Å². The average molecular weight is 294 g/mol. The highest BCUT2D eigenvalue weighted by Crippen LogP contribution is 2.41. The van der Waals surface area contributed by atoms with Crippen LogP contribution in [0.1, 0.15) is 28.7 Å². The van der Waals surface area contributed by atoms with E-state index < -0.39 is 0 Å². The maximum absolute atomic E-state index is 12.3. The molecule has 1 saturated heterocycles. The lowest BCUT2D eigenvalue weighted by molar-refractivity contribution is -0.129. The maximum Gasteiger partial charge on any atom is 0.242 e. The lowest BCUT2D eigenvalue weighted by Crippen LogP contribution is -2.53. The van der Waals surface area contributed by atoms with Gasteiger partial charge in [-0.15, -0.1) is 0 Å². The van der Waals surface area contributed by atoms with Crippen LogP contribution in [-0.4, -0.2) is 35.5 Å². The lowest BCUT2D eigenvalue weighted by atomic mass is 9.80. The van der Waals surface area contributed by atoms with E-state index in [-0.39, 0.29) is 23.6 Å². The van der Waals surface area contributed by atoms with Crippen LogP contribution < -0.4 is 5.32 Å². The summed E-state index contributed by atoms with van der Waals surface area (Å²) in [6.07, 6.45) is 0. The Kier molecular flexibility index (Phi) is 3.12. The Balaban J connectivity index is 1.86. The number of hydrogen-bond donors (Lipinski definition) is 2. The molecular weight excluding hydrogens is 276 g/mol. The van der Waals surface area contributed by atoms with Crippen molar-refractivity contribution in [2.75, 3.05) is 19.6 Å². The van der Waals surface area contributed by atoms with Gasteiger partial charge >= 0.3 is 0 Å². The molecular formula is C18H18N2O2. The smallest absolute Gasteiger partial charge is 0.242 e. The molecule has 0 spiro atoms. The van der Waals surface area contributed by atoms with Crippen LogP contribution in [-0.2, 0) is 4.79 Å². The van der Waals surface area contributed by atoms with E-state index in [1.807, 2.05) is 24.3 Å². The molecule has 0 aliphatic carbocycles. The Morgan fingerprint density at radius 2 is 1.91 bits per heavy atom. The number of phenolic OH excluding ortho intramolecular Hbond substituents is 1. The number of carbonyl (C=O) groups excluding carboxylic acids is 1. The fourth-order valence-electron chi connectivity index (χ4n) is 3.67. The van der Waals surface area contributed by atoms with Crippen LogP contribution in [0, 0.1) is 0 Å². The molecule has 2 atom stereocenters. The Hall–Kier alpha value is -2.33. The third-order valence-electron chi connectivity index (χ3n) is 4.67. The third-order valence-corrected chi connectivity index (χ3v) is 4.67. The number of aromatic hydroxyl groups is 1. The number of rotatable bonds is 1. The van der Waals surface area contributed by atoms with Crippen LogP contribution in [0.5, 0.6) is 5.75 Å². The van der Waals surface area contributed by atoms with Gasteiger partial charge < -0.3 is 10.4 Å². The lowest BCUT2D eigenvalue weighted by Gasteiger charge is -2.43. The standard InChI is InChI=1S/C18H18N2O2/c21-13-6-7-14-15(10-13)17-18(22)19-8-9-20(17)11-16(14)12-4-2-1-3-5-12/h1-7,10,16-17,21H,8-9,11H2,(H,19,22)/t16-,17+/m0/s1. The highest BCUT2D eigenvalue weighted by Gasteiger charge is 2.39. The number of amides is 1. The summed E-state index contributed by atoms with van der Waals surface area (Å²) in [5.41, 5.74) is 3.32. The number of fused-ring (bicyclic) bond motifs is 3. The molecule has 2 heterocycles. The molecule has 4 rings (SSSR count). The highest BCUT2D eigenvalue weighted by atomic mass is 16.3. The van der Waals surface area contributed by atoms with Gasteiger partial charge in [-0.3, -0.25) is 9.69 Å². The molecule has 2 aromatic rings. The number of phenols is 1. The van der Waals surface area contributed by atoms with Crippen molar-refractivity contribution in [3.05, 3.63) is 65.2 Å². The van der Waals surface area contributed by atoms with Crippen molar-refractivity contribution in [1.82, 2.24) is 10.2 Å². The van der Waals surface area contributed by atoms with Gasteiger partial charge in [-0.25, -0.2) is 0 Å². The molecule has 4 heteroatoms. The molecule has 1 amide bonds. The number of benzene rings is 2. The summed E-state index contributed by atoms with van der Waals surface area (Å²) in [6, 6.07) is 15.5. The zero-order valence-corrected chi connectivity index (χ0v) is 12.2. The van der Waals surface area contributed by atoms with Crippen molar-refractivity contribution >= 4 is 5.91 Å². The molecule has 112 valence electrons. The zero-order valence-electron chi connectivity index (χ0n) is 12.2. The number of nitrogens with zero attached hydrogens (tertiary/aromatic N) is 1. The second-order valence-corrected chi connectivity index (χ2v) is 5.96. The van der Waals surface area contributed by atoms with E-state index in [4.69, 9.17) is 0 Å². The van der Waals surface area contributed by atoms with Gasteiger partial charge in [-0.1, -0.05) is 36.4 Å². The van der Waals surface area contributed by atoms with Crippen LogP contribution in [0.2, 0.25) is 0 Å². The average Bonchev–Trinajstić information content (AvgIpc) is 2.54. The van der Waals surface area contributed by atoms with Gasteiger partial charge in [-0.2, -0.15) is 0 Å². The van der Waals surface area contributed by atoms with Gasteiger partial charge in [0.1, 0.15) is 11.8 Å². The fourth-order valence-corrected chi connectivity index (χ4v) is 3.67. The maximum atomic E-state index is 12.3. The van der Waals surface area contributed by atoms with E-state index in [2.05, 4.69) is 22.3 Å². The normalized spacial score (nSPS) is 24.3. The van der Waals surface area contributed by atoms with Gasteiger partial charge in [0.25, 0.3) is 0 Å². The first kappa shape index (κ1) is 13.3. The second kappa shape index (κ2) is 5.14. The van der Waals surface area contributed by atoms with Gasteiger partial charge in [0.2, 0.25) is 5.91 Å². The molecule has 22 heavy (non-hydrogen) atoms. The van der Waals surface area contributed by atoms with Crippen molar-refractivity contribution < 1.29 is 9.90 Å². The summed E-state index contributed by atoms with van der Waals surface area (Å²) in [7, 11) is 0. The summed E-state index contributed by atoms with van der Waals surface area (Å²) in [6.45, 7) is 2.36. The second-order valence-electron chi connectivity index (χ2n) is 5.96. The molecule has 0 aromatic heterocycles. The Morgan fingerprint density at radius 3 is 2.73 bits per heavy atom. The van der Waals surface area contributed by atoms with E-state index in [1.165, 1.54) is 5.56 Å². The zero-order chi connectivity index (χ0) is 15.1. The first-order chi connectivity index (χ1) is 10.7. The van der Waals surface area contributed by atoms with Crippen molar-refractivity contribution in [1.29, 1.82) is 0 Å². The van der Waals surface area contributed by atoms with Crippen LogP contribution in [0.3, 0.4) is 0 Å². The predicted octanol–water partition coefficient (Wildman–Crippen LogP) is 2.01. The molecule has 0 bridgehead atoms. The topological polar surface area (TPSA) is 52.6 Å². The van der Waals surface area contributed by atoms with Crippen molar-refractivity contribution in [2.45, 2.75) is 12.0 Å². The number of carbonyl (C=O) groups is 1. The predicted molar refractivity (Wildman–Crippen MR) is 83.7 cm³/mol. The summed E-state index contributed by atoms with van der Waals surface area (Å²) < 4.78 is 0. The first-order valence-corrected chi connectivity index (χ1v) is 7.63. The minimum Gasteiger partial charge on any atom is -0.508 e. The minimum absolute atomic E-state index is 0.0320. The molecule has 2 N–H and O–H groups in total. The third kappa shape index (κ3) is 2.07. The van der Waals surface area contributed by atoms with Crippen molar-refractivity contribution in [3.8, 4) is 5.75 Å². The highest BCUT2D eigenvalue weighted by molar-refractivity contribution is 5.85.